The maximum Gasteiger partial charge on any atom is 0.707 e. The first-order chi connectivity index (χ1) is 8.45. The lowest BCUT2D eigenvalue weighted by Gasteiger charge is -2.31. The number of hydrogen-bond acceptors (Lipinski definition) is 6. The van der Waals surface area contributed by atoms with Gasteiger partial charge in [-0.15, -0.1) is 0 Å². The van der Waals surface area contributed by atoms with Crippen LogP contribution in [-0.4, -0.2) is 38.8 Å². The number of anilines is 1. The van der Waals surface area contributed by atoms with Crippen molar-refractivity contribution in [3.63, 3.8) is 0 Å². The molecule has 108 valence electrons. The second-order valence-electron chi connectivity index (χ2n) is 5.10. The Morgan fingerprint density at radius 2 is 1.42 bits per heavy atom. The molecule has 0 heterocycles. The summed E-state index contributed by atoms with van der Waals surface area (Å²) in [5.74, 6) is 0.266. The van der Waals surface area contributed by atoms with Gasteiger partial charge in [-0.25, -0.2) is 0 Å². The van der Waals surface area contributed by atoms with Crippen molar-refractivity contribution in [2.75, 3.05) is 5.73 Å². The molecule has 0 atom stereocenters. The van der Waals surface area contributed by atoms with Crippen molar-refractivity contribution in [1.82, 2.24) is 0 Å². The molecule has 0 spiro atoms. The predicted molar refractivity (Wildman–Crippen MR) is 74.3 cm³/mol. The molecule has 6 nitrogen and oxygen atoms in total. The Hall–Kier alpha value is -1.28. The maximum absolute atomic E-state index is 9.10. The van der Waals surface area contributed by atoms with Crippen molar-refractivity contribution in [3.05, 3.63) is 24.3 Å². The molecule has 0 fully saturated rings. The smallest absolute Gasteiger partial charge is 0.510 e. The van der Waals surface area contributed by atoms with E-state index in [4.69, 9.17) is 26.0 Å². The summed E-state index contributed by atoms with van der Waals surface area (Å²) in [6.07, 6.45) is 0. The zero-order chi connectivity index (χ0) is 15.3. The Labute approximate surface area is 113 Å². The van der Waals surface area contributed by atoms with Gasteiger partial charge in [-0.3, -0.25) is 0 Å². The summed E-state index contributed by atoms with van der Waals surface area (Å²) in [7, 11) is -1.82. The number of aliphatic hydroxyl groups is 2. The van der Waals surface area contributed by atoms with Gasteiger partial charge in [0.25, 0.3) is 0 Å². The Kier molecular flexibility index (Phi) is 6.31. The topological polar surface area (TPSA) is 116 Å². The van der Waals surface area contributed by atoms with E-state index in [1.54, 1.807) is 52.0 Å². The molecule has 7 heteroatoms. The van der Waals surface area contributed by atoms with Crippen LogP contribution in [0.2, 0.25) is 0 Å². The molecule has 0 aliphatic heterocycles. The van der Waals surface area contributed by atoms with E-state index in [1.165, 1.54) is 0 Å². The van der Waals surface area contributed by atoms with E-state index in [2.05, 4.69) is 4.65 Å². The number of para-hydroxylation sites is 2. The number of benzene rings is 1. The van der Waals surface area contributed by atoms with Crippen LogP contribution in [0, 0.1) is 0 Å². The van der Waals surface area contributed by atoms with E-state index in [-0.39, 0.29) is 5.75 Å². The van der Waals surface area contributed by atoms with Crippen molar-refractivity contribution in [2.24, 2.45) is 0 Å². The highest BCUT2D eigenvalue weighted by atomic mass is 16.6. The summed E-state index contributed by atoms with van der Waals surface area (Å²) in [6, 6.07) is 6.58. The van der Waals surface area contributed by atoms with Gasteiger partial charge in [0.15, 0.2) is 0 Å². The molecule has 0 saturated heterocycles. The van der Waals surface area contributed by atoms with E-state index in [1.807, 2.05) is 0 Å². The molecule has 0 aliphatic rings. The van der Waals surface area contributed by atoms with Gasteiger partial charge >= 0.3 is 7.32 Å². The van der Waals surface area contributed by atoms with Crippen molar-refractivity contribution >= 4 is 13.0 Å². The molecule has 0 bridgehead atoms. The molecular weight excluding hydrogens is 249 g/mol. The Morgan fingerprint density at radius 3 is 1.74 bits per heavy atom. The van der Waals surface area contributed by atoms with Gasteiger partial charge in [0.1, 0.15) is 5.75 Å². The van der Waals surface area contributed by atoms with Gasteiger partial charge in [-0.05, 0) is 39.8 Å². The summed E-state index contributed by atoms with van der Waals surface area (Å²) in [5.41, 5.74) is 3.78. The maximum atomic E-state index is 9.10. The molecule has 0 saturated carbocycles. The van der Waals surface area contributed by atoms with Crippen LogP contribution in [0.5, 0.6) is 5.75 Å². The molecule has 6 N–H and O–H groups in total. The van der Waals surface area contributed by atoms with Crippen molar-refractivity contribution in [3.8, 4) is 5.75 Å². The second kappa shape index (κ2) is 6.77. The van der Waals surface area contributed by atoms with Crippen LogP contribution in [0.15, 0.2) is 24.3 Å². The molecule has 1 aromatic carbocycles. The fourth-order valence-electron chi connectivity index (χ4n) is 0.701. The van der Waals surface area contributed by atoms with Crippen molar-refractivity contribution in [2.45, 2.75) is 38.9 Å². The fraction of sp³-hybridized carbons (Fsp3) is 0.500. The van der Waals surface area contributed by atoms with E-state index in [0.717, 1.165) is 0 Å². The van der Waals surface area contributed by atoms with E-state index in [0.29, 0.717) is 5.69 Å². The highest BCUT2D eigenvalue weighted by Gasteiger charge is 2.31. The normalized spacial score (nSPS) is 11.4. The van der Waals surface area contributed by atoms with Gasteiger partial charge in [-0.2, -0.15) is 0 Å². The summed E-state index contributed by atoms with van der Waals surface area (Å²) in [6.45, 7) is 6.31. The Bertz CT molecular complexity index is 372. The summed E-state index contributed by atoms with van der Waals surface area (Å²) in [5, 5.41) is 35.0. The first kappa shape index (κ1) is 17.7. The average molecular weight is 271 g/mol. The van der Waals surface area contributed by atoms with Gasteiger partial charge in [0.2, 0.25) is 0 Å². The summed E-state index contributed by atoms with van der Waals surface area (Å²) in [4.78, 5) is 0. The third-order valence-corrected chi connectivity index (χ3v) is 2.65. The zero-order valence-electron chi connectivity index (χ0n) is 11.7. The van der Waals surface area contributed by atoms with E-state index < -0.39 is 18.5 Å². The molecule has 0 aliphatic carbocycles. The predicted octanol–water partition coefficient (Wildman–Crippen LogP) is 0.145. The number of hydrogen-bond donors (Lipinski definition) is 5. The van der Waals surface area contributed by atoms with Gasteiger partial charge in [0.05, 0.1) is 16.9 Å². The third-order valence-electron chi connectivity index (χ3n) is 2.65. The molecule has 1 aromatic rings. The van der Waals surface area contributed by atoms with Crippen LogP contribution in [0.3, 0.4) is 0 Å². The van der Waals surface area contributed by atoms with Crippen molar-refractivity contribution < 1.29 is 24.9 Å². The molecular formula is C12H22BNO5. The average Bonchev–Trinajstić information content (AvgIpc) is 2.18. The van der Waals surface area contributed by atoms with E-state index >= 15 is 0 Å². The standard InChI is InChI=1S/C6H8BNO3.C6H14O2/c8-5-3-1-2-4-6(5)11-7(9)10;1-5(2,7)6(3,4)8/h1-4,9-10H,8H2;7-8H,1-4H3. The molecule has 0 amide bonds. The van der Waals surface area contributed by atoms with Gasteiger partial charge in [0, 0.05) is 0 Å². The fourth-order valence-corrected chi connectivity index (χ4v) is 0.701. The van der Waals surface area contributed by atoms with Crippen LogP contribution in [-0.2, 0) is 0 Å². The summed E-state index contributed by atoms with van der Waals surface area (Å²) >= 11 is 0. The molecule has 0 radical (unpaired) electrons. The van der Waals surface area contributed by atoms with Crippen LogP contribution < -0.4 is 10.4 Å². The van der Waals surface area contributed by atoms with Crippen LogP contribution >= 0.6 is 0 Å². The zero-order valence-corrected chi connectivity index (χ0v) is 11.7. The lowest BCUT2D eigenvalue weighted by Crippen LogP contribution is -2.44. The Morgan fingerprint density at radius 1 is 1.00 bits per heavy atom. The molecule has 1 rings (SSSR count). The number of nitrogen functional groups attached to an aromatic ring is 1. The quantitative estimate of drug-likeness (QED) is 0.394. The minimum Gasteiger partial charge on any atom is -0.510 e. The first-order valence-electron chi connectivity index (χ1n) is 5.77. The minimum absolute atomic E-state index is 0.266. The Balaban J connectivity index is 0.000000362. The SMILES string of the molecule is CC(C)(O)C(C)(C)O.Nc1ccccc1OB(O)O. The molecule has 0 aromatic heterocycles. The van der Waals surface area contributed by atoms with Crippen LogP contribution in [0.1, 0.15) is 27.7 Å². The minimum atomic E-state index is -1.82. The second-order valence-corrected chi connectivity index (χ2v) is 5.10. The monoisotopic (exact) mass is 271 g/mol. The van der Waals surface area contributed by atoms with Gasteiger partial charge < -0.3 is 30.6 Å². The lowest BCUT2D eigenvalue weighted by atomic mass is 9.90. The van der Waals surface area contributed by atoms with Crippen molar-refractivity contribution in [1.29, 1.82) is 0 Å². The lowest BCUT2D eigenvalue weighted by molar-refractivity contribution is -0.107. The highest BCUT2D eigenvalue weighted by molar-refractivity contribution is 6.33. The van der Waals surface area contributed by atoms with Crippen LogP contribution in [0.25, 0.3) is 0 Å². The number of rotatable bonds is 3. The summed E-state index contributed by atoms with van der Waals surface area (Å²) < 4.78 is 4.53. The molecule has 0 unspecified atom stereocenters. The van der Waals surface area contributed by atoms with Crippen LogP contribution in [0.4, 0.5) is 5.69 Å². The number of nitrogens with two attached hydrogens (primary N) is 1. The largest absolute Gasteiger partial charge is 0.707 e. The molecule has 19 heavy (non-hydrogen) atoms. The third kappa shape index (κ3) is 7.02. The highest BCUT2D eigenvalue weighted by Crippen LogP contribution is 2.19. The van der Waals surface area contributed by atoms with Gasteiger partial charge in [-0.1, -0.05) is 12.1 Å². The first-order valence-corrected chi connectivity index (χ1v) is 5.77. The van der Waals surface area contributed by atoms with E-state index in [9.17, 15) is 0 Å².